The van der Waals surface area contributed by atoms with Crippen LogP contribution < -0.4 is 0 Å². The summed E-state index contributed by atoms with van der Waals surface area (Å²) in [5.41, 5.74) is 0. The maximum atomic E-state index is 12.6. The second-order valence-corrected chi connectivity index (χ2v) is 12.4. The van der Waals surface area contributed by atoms with E-state index in [4.69, 9.17) is 9.47 Å². The smallest absolute Gasteiger partial charge is 0.306 e. The van der Waals surface area contributed by atoms with Gasteiger partial charge in [-0.1, -0.05) is 156 Å². The third kappa shape index (κ3) is 27.1. The van der Waals surface area contributed by atoms with Crippen LogP contribution in [0.25, 0.3) is 0 Å². The predicted molar refractivity (Wildman–Crippen MR) is 172 cm³/mol. The molecule has 0 fully saturated rings. The minimum absolute atomic E-state index is 0.126. The van der Waals surface area contributed by atoms with Crippen LogP contribution in [0, 0.1) is 11.8 Å². The van der Waals surface area contributed by atoms with E-state index >= 15 is 0 Å². The number of hydrogen-bond acceptors (Lipinski definition) is 4. The van der Waals surface area contributed by atoms with Gasteiger partial charge in [-0.15, -0.1) is 0 Å². The van der Waals surface area contributed by atoms with Gasteiger partial charge in [-0.2, -0.15) is 0 Å². The summed E-state index contributed by atoms with van der Waals surface area (Å²) < 4.78 is 11.0. The van der Waals surface area contributed by atoms with Gasteiger partial charge in [0, 0.05) is 12.8 Å². The van der Waals surface area contributed by atoms with Crippen molar-refractivity contribution in [2.24, 2.45) is 11.8 Å². The lowest BCUT2D eigenvalue weighted by molar-refractivity contribution is -0.153. The topological polar surface area (TPSA) is 52.6 Å². The van der Waals surface area contributed by atoms with Crippen molar-refractivity contribution in [1.82, 2.24) is 0 Å². The van der Waals surface area contributed by atoms with E-state index in [1.54, 1.807) is 0 Å². The van der Waals surface area contributed by atoms with Crippen LogP contribution in [0.2, 0.25) is 0 Å². The molecule has 0 aromatic carbocycles. The van der Waals surface area contributed by atoms with Crippen LogP contribution in [-0.4, -0.2) is 25.2 Å². The van der Waals surface area contributed by atoms with Gasteiger partial charge in [0.2, 0.25) is 0 Å². The fourth-order valence-electron chi connectivity index (χ4n) is 5.74. The Balaban J connectivity index is 4.34. The van der Waals surface area contributed by atoms with Crippen LogP contribution in [0.1, 0.15) is 195 Å². The first-order valence-corrected chi connectivity index (χ1v) is 17.9. The quantitative estimate of drug-likeness (QED) is 0.0618. The van der Waals surface area contributed by atoms with Gasteiger partial charge < -0.3 is 9.47 Å². The first-order chi connectivity index (χ1) is 19.6. The Bertz CT molecular complexity index is 499. The zero-order chi connectivity index (χ0) is 29.5. The minimum Gasteiger partial charge on any atom is -0.462 e. The highest BCUT2D eigenvalue weighted by Gasteiger charge is 2.17. The summed E-state index contributed by atoms with van der Waals surface area (Å²) in [6.45, 7) is 9.35. The van der Waals surface area contributed by atoms with Crippen molar-refractivity contribution in [3.05, 3.63) is 0 Å². The number of esters is 2. The van der Waals surface area contributed by atoms with Crippen molar-refractivity contribution < 1.29 is 19.1 Å². The Kier molecular flexibility index (Phi) is 30.1. The van der Waals surface area contributed by atoms with Crippen molar-refractivity contribution in [1.29, 1.82) is 0 Å². The molecule has 2 atom stereocenters. The molecule has 0 aliphatic carbocycles. The fraction of sp³-hybridized carbons (Fsp3) is 0.944. The zero-order valence-corrected chi connectivity index (χ0v) is 27.6. The second-order valence-electron chi connectivity index (χ2n) is 12.4. The molecule has 0 heterocycles. The van der Waals surface area contributed by atoms with Crippen LogP contribution in [-0.2, 0) is 19.1 Å². The zero-order valence-electron chi connectivity index (χ0n) is 27.6. The van der Waals surface area contributed by atoms with Crippen LogP contribution in [0.4, 0.5) is 0 Å². The van der Waals surface area contributed by atoms with E-state index in [1.165, 1.54) is 128 Å². The summed E-state index contributed by atoms with van der Waals surface area (Å²) in [7, 11) is 0. The van der Waals surface area contributed by atoms with Crippen molar-refractivity contribution >= 4 is 11.9 Å². The van der Waals surface area contributed by atoms with Crippen molar-refractivity contribution in [2.45, 2.75) is 195 Å². The highest BCUT2D eigenvalue weighted by molar-refractivity contribution is 5.70. The van der Waals surface area contributed by atoms with E-state index in [0.717, 1.165) is 25.7 Å². The lowest BCUT2D eigenvalue weighted by Crippen LogP contribution is -2.18. The molecule has 0 spiro atoms. The molecule has 0 aliphatic rings. The number of unbranched alkanes of at least 4 members (excludes halogenated alkanes) is 16. The van der Waals surface area contributed by atoms with Crippen molar-refractivity contribution in [3.8, 4) is 0 Å². The Labute approximate surface area is 250 Å². The van der Waals surface area contributed by atoms with E-state index in [1.807, 2.05) is 0 Å². The van der Waals surface area contributed by atoms with Gasteiger partial charge in [-0.25, -0.2) is 0 Å². The summed E-state index contributed by atoms with van der Waals surface area (Å²) in [4.78, 5) is 25.1. The highest BCUT2D eigenvalue weighted by Crippen LogP contribution is 2.24. The number of carbonyl (C=O) groups is 2. The van der Waals surface area contributed by atoms with Gasteiger partial charge in [0.25, 0.3) is 0 Å². The van der Waals surface area contributed by atoms with Gasteiger partial charge >= 0.3 is 11.9 Å². The molecule has 0 aliphatic heterocycles. The molecule has 0 radical (unpaired) electrons. The maximum absolute atomic E-state index is 12.6. The van der Waals surface area contributed by atoms with E-state index in [9.17, 15) is 9.59 Å². The number of rotatable bonds is 31. The average molecular weight is 567 g/mol. The molecular weight excluding hydrogens is 496 g/mol. The van der Waals surface area contributed by atoms with Crippen LogP contribution in [0.15, 0.2) is 0 Å². The standard InChI is InChI=1S/C36H70O4/c1-5-9-13-17-19-23-27-33(25-21-15-11-7-3)31-35(37)39-29-30-40-36(38)32-34(26-22-16-12-8-4)28-24-20-18-14-10-6-2/h33-34H,5-32H2,1-4H3. The van der Waals surface area contributed by atoms with Gasteiger partial charge in [0.15, 0.2) is 0 Å². The second kappa shape index (κ2) is 30.9. The molecule has 0 N–H and O–H groups in total. The maximum Gasteiger partial charge on any atom is 0.306 e. The highest BCUT2D eigenvalue weighted by atomic mass is 16.6. The van der Waals surface area contributed by atoms with E-state index in [2.05, 4.69) is 27.7 Å². The summed E-state index contributed by atoms with van der Waals surface area (Å²) in [5.74, 6) is 0.598. The summed E-state index contributed by atoms with van der Waals surface area (Å²) in [6.07, 6.45) is 30.9. The minimum atomic E-state index is -0.126. The molecule has 0 saturated heterocycles. The van der Waals surface area contributed by atoms with Crippen LogP contribution in [0.3, 0.4) is 0 Å². The van der Waals surface area contributed by atoms with Crippen molar-refractivity contribution in [3.63, 3.8) is 0 Å². The van der Waals surface area contributed by atoms with E-state index in [-0.39, 0.29) is 25.2 Å². The summed E-state index contributed by atoms with van der Waals surface area (Å²) in [5, 5.41) is 0. The molecule has 2 unspecified atom stereocenters. The Morgan fingerprint density at radius 3 is 0.950 bits per heavy atom. The Morgan fingerprint density at radius 2 is 0.650 bits per heavy atom. The molecular formula is C36H70O4. The molecule has 0 bridgehead atoms. The molecule has 4 heteroatoms. The van der Waals surface area contributed by atoms with Gasteiger partial charge in [-0.05, 0) is 37.5 Å². The molecule has 0 aromatic heterocycles. The van der Waals surface area contributed by atoms with Gasteiger partial charge in [0.1, 0.15) is 13.2 Å². The lowest BCUT2D eigenvalue weighted by atomic mass is 9.91. The van der Waals surface area contributed by atoms with Gasteiger partial charge in [-0.3, -0.25) is 9.59 Å². The van der Waals surface area contributed by atoms with Gasteiger partial charge in [0.05, 0.1) is 0 Å². The summed E-state index contributed by atoms with van der Waals surface area (Å²) in [6, 6.07) is 0. The number of hydrogen-bond donors (Lipinski definition) is 0. The first kappa shape index (κ1) is 38.9. The normalized spacial score (nSPS) is 12.8. The molecule has 0 amide bonds. The van der Waals surface area contributed by atoms with E-state index in [0.29, 0.717) is 24.7 Å². The third-order valence-corrected chi connectivity index (χ3v) is 8.38. The Hall–Kier alpha value is -1.06. The van der Waals surface area contributed by atoms with Crippen LogP contribution in [0.5, 0.6) is 0 Å². The first-order valence-electron chi connectivity index (χ1n) is 17.9. The Morgan fingerprint density at radius 1 is 0.400 bits per heavy atom. The molecule has 0 rings (SSSR count). The molecule has 238 valence electrons. The lowest BCUT2D eigenvalue weighted by Gasteiger charge is -2.17. The van der Waals surface area contributed by atoms with Crippen molar-refractivity contribution in [2.75, 3.05) is 13.2 Å². The fourth-order valence-corrected chi connectivity index (χ4v) is 5.74. The molecule has 0 aromatic rings. The molecule has 4 nitrogen and oxygen atoms in total. The van der Waals surface area contributed by atoms with Crippen LogP contribution >= 0.6 is 0 Å². The monoisotopic (exact) mass is 567 g/mol. The number of carbonyl (C=O) groups excluding carboxylic acids is 2. The SMILES string of the molecule is CCCCCCCCC(CCCCCC)CC(=O)OCCOC(=O)CC(CCCCCC)CCCCCCCC. The van der Waals surface area contributed by atoms with E-state index < -0.39 is 0 Å². The predicted octanol–water partition coefficient (Wildman–Crippen LogP) is 11.5. The molecule has 40 heavy (non-hydrogen) atoms. The number of ether oxygens (including phenoxy) is 2. The summed E-state index contributed by atoms with van der Waals surface area (Å²) >= 11 is 0. The average Bonchev–Trinajstić information content (AvgIpc) is 2.94. The molecule has 0 saturated carbocycles. The largest absolute Gasteiger partial charge is 0.462 e. The third-order valence-electron chi connectivity index (χ3n) is 8.38.